The first-order valence-corrected chi connectivity index (χ1v) is 6.91. The summed E-state index contributed by atoms with van der Waals surface area (Å²) in [5.74, 6) is -0.357. The van der Waals surface area contributed by atoms with Gasteiger partial charge in [0.05, 0.1) is 23.5 Å². The topological polar surface area (TPSA) is 77.2 Å². The van der Waals surface area contributed by atoms with Gasteiger partial charge in [-0.1, -0.05) is 6.07 Å². The summed E-state index contributed by atoms with van der Waals surface area (Å²) in [6.45, 7) is 2.84. The zero-order chi connectivity index (χ0) is 15.1. The molecule has 1 aromatic carbocycles. The SMILES string of the molecule is CCOC(=O)c1ccc(NCCc2ccccn2)c(N)c1. The number of benzene rings is 1. The summed E-state index contributed by atoms with van der Waals surface area (Å²) < 4.78 is 4.94. The first kappa shape index (κ1) is 14.8. The zero-order valence-electron chi connectivity index (χ0n) is 12.0. The largest absolute Gasteiger partial charge is 0.462 e. The third-order valence-electron chi connectivity index (χ3n) is 2.99. The Bertz CT molecular complexity index is 600. The van der Waals surface area contributed by atoms with E-state index in [-0.39, 0.29) is 5.97 Å². The number of nitrogens with two attached hydrogens (primary N) is 1. The van der Waals surface area contributed by atoms with Gasteiger partial charge >= 0.3 is 5.97 Å². The first-order valence-electron chi connectivity index (χ1n) is 6.91. The predicted octanol–water partition coefficient (Wildman–Crippen LogP) is 2.50. The Hall–Kier alpha value is -2.56. The second-order valence-electron chi connectivity index (χ2n) is 4.52. The van der Waals surface area contributed by atoms with E-state index in [0.717, 1.165) is 24.3 Å². The Morgan fingerprint density at radius 3 is 2.86 bits per heavy atom. The van der Waals surface area contributed by atoms with Crippen molar-refractivity contribution in [3.8, 4) is 0 Å². The number of carbonyl (C=O) groups is 1. The average Bonchev–Trinajstić information content (AvgIpc) is 2.50. The average molecular weight is 285 g/mol. The van der Waals surface area contributed by atoms with Crippen molar-refractivity contribution in [3.05, 3.63) is 53.9 Å². The minimum absolute atomic E-state index is 0.350. The summed E-state index contributed by atoms with van der Waals surface area (Å²) >= 11 is 0. The van der Waals surface area contributed by atoms with Crippen LogP contribution in [0.2, 0.25) is 0 Å². The molecule has 0 atom stereocenters. The van der Waals surface area contributed by atoms with Crippen LogP contribution in [0.4, 0.5) is 11.4 Å². The van der Waals surface area contributed by atoms with E-state index in [4.69, 9.17) is 10.5 Å². The minimum Gasteiger partial charge on any atom is -0.462 e. The summed E-state index contributed by atoms with van der Waals surface area (Å²) in [6, 6.07) is 11.0. The van der Waals surface area contributed by atoms with Gasteiger partial charge in [-0.25, -0.2) is 4.79 Å². The fourth-order valence-corrected chi connectivity index (χ4v) is 1.94. The number of hydrogen-bond donors (Lipinski definition) is 2. The summed E-state index contributed by atoms with van der Waals surface area (Å²) in [4.78, 5) is 15.9. The van der Waals surface area contributed by atoms with E-state index in [2.05, 4.69) is 10.3 Å². The van der Waals surface area contributed by atoms with E-state index in [9.17, 15) is 4.79 Å². The summed E-state index contributed by atoms with van der Waals surface area (Å²) in [5.41, 5.74) is 8.77. The number of ether oxygens (including phenoxy) is 1. The number of nitrogens with one attached hydrogen (secondary N) is 1. The molecule has 0 fully saturated rings. The highest BCUT2D eigenvalue weighted by Crippen LogP contribution is 2.20. The molecule has 0 aliphatic heterocycles. The van der Waals surface area contributed by atoms with Crippen LogP contribution in [0.1, 0.15) is 23.0 Å². The van der Waals surface area contributed by atoms with Gasteiger partial charge < -0.3 is 15.8 Å². The lowest BCUT2D eigenvalue weighted by Gasteiger charge is -2.10. The number of aromatic nitrogens is 1. The van der Waals surface area contributed by atoms with Crippen LogP contribution in [0.15, 0.2) is 42.6 Å². The molecule has 0 bridgehead atoms. The maximum Gasteiger partial charge on any atom is 0.338 e. The number of nitrogens with zero attached hydrogens (tertiary/aromatic N) is 1. The minimum atomic E-state index is -0.357. The van der Waals surface area contributed by atoms with Crippen LogP contribution in [0.3, 0.4) is 0 Å². The second kappa shape index (κ2) is 7.28. The summed E-state index contributed by atoms with van der Waals surface area (Å²) in [6.07, 6.45) is 2.58. The molecule has 5 nitrogen and oxygen atoms in total. The molecule has 21 heavy (non-hydrogen) atoms. The van der Waals surface area contributed by atoms with E-state index in [0.29, 0.717) is 17.9 Å². The molecule has 0 aliphatic carbocycles. The highest BCUT2D eigenvalue weighted by Gasteiger charge is 2.08. The van der Waals surface area contributed by atoms with E-state index < -0.39 is 0 Å². The zero-order valence-corrected chi connectivity index (χ0v) is 12.0. The Morgan fingerprint density at radius 2 is 2.19 bits per heavy atom. The molecule has 2 rings (SSSR count). The Morgan fingerprint density at radius 1 is 1.33 bits per heavy atom. The number of carbonyl (C=O) groups excluding carboxylic acids is 1. The molecule has 3 N–H and O–H groups in total. The van der Waals surface area contributed by atoms with Crippen LogP contribution in [0.5, 0.6) is 0 Å². The van der Waals surface area contributed by atoms with Gasteiger partial charge in [0.15, 0.2) is 0 Å². The standard InChI is InChI=1S/C16H19N3O2/c1-2-21-16(20)12-6-7-15(14(17)11-12)19-10-8-13-5-3-4-9-18-13/h3-7,9,11,19H,2,8,10,17H2,1H3. The lowest BCUT2D eigenvalue weighted by atomic mass is 10.1. The van der Waals surface area contributed by atoms with Crippen LogP contribution >= 0.6 is 0 Å². The number of anilines is 2. The Kier molecular flexibility index (Phi) is 5.15. The van der Waals surface area contributed by atoms with Crippen molar-refractivity contribution >= 4 is 17.3 Å². The lowest BCUT2D eigenvalue weighted by molar-refractivity contribution is 0.0526. The molecular weight excluding hydrogens is 266 g/mol. The van der Waals surface area contributed by atoms with Crippen LogP contribution in [-0.2, 0) is 11.2 Å². The molecule has 1 heterocycles. The van der Waals surface area contributed by atoms with Gasteiger partial charge in [-0.15, -0.1) is 0 Å². The van der Waals surface area contributed by atoms with Crippen molar-refractivity contribution in [2.45, 2.75) is 13.3 Å². The van der Waals surface area contributed by atoms with Crippen molar-refractivity contribution in [1.82, 2.24) is 4.98 Å². The molecule has 5 heteroatoms. The number of rotatable bonds is 6. The normalized spacial score (nSPS) is 10.1. The fourth-order valence-electron chi connectivity index (χ4n) is 1.94. The molecule has 0 unspecified atom stereocenters. The maximum atomic E-state index is 11.6. The predicted molar refractivity (Wildman–Crippen MR) is 83.2 cm³/mol. The van der Waals surface area contributed by atoms with Crippen LogP contribution < -0.4 is 11.1 Å². The van der Waals surface area contributed by atoms with Crippen molar-refractivity contribution in [1.29, 1.82) is 0 Å². The molecule has 0 saturated carbocycles. The van der Waals surface area contributed by atoms with Crippen LogP contribution in [0, 0.1) is 0 Å². The fraction of sp³-hybridized carbons (Fsp3) is 0.250. The van der Waals surface area contributed by atoms with Crippen LogP contribution in [0.25, 0.3) is 0 Å². The Balaban J connectivity index is 1.93. The van der Waals surface area contributed by atoms with Gasteiger partial charge in [0, 0.05) is 24.9 Å². The summed E-state index contributed by atoms with van der Waals surface area (Å²) in [7, 11) is 0. The maximum absolute atomic E-state index is 11.6. The van der Waals surface area contributed by atoms with Gasteiger partial charge in [0.1, 0.15) is 0 Å². The van der Waals surface area contributed by atoms with Gasteiger partial charge in [-0.2, -0.15) is 0 Å². The monoisotopic (exact) mass is 285 g/mol. The second-order valence-corrected chi connectivity index (χ2v) is 4.52. The molecule has 0 amide bonds. The highest BCUT2D eigenvalue weighted by molar-refractivity contribution is 5.91. The third kappa shape index (κ3) is 4.21. The lowest BCUT2D eigenvalue weighted by Crippen LogP contribution is -2.09. The highest BCUT2D eigenvalue weighted by atomic mass is 16.5. The van der Waals surface area contributed by atoms with E-state index in [1.165, 1.54) is 0 Å². The van der Waals surface area contributed by atoms with Gasteiger partial charge in [0.25, 0.3) is 0 Å². The number of esters is 1. The van der Waals surface area contributed by atoms with E-state index in [1.54, 1.807) is 31.3 Å². The number of hydrogen-bond acceptors (Lipinski definition) is 5. The van der Waals surface area contributed by atoms with Gasteiger partial charge in [-0.05, 0) is 37.3 Å². The molecule has 1 aromatic heterocycles. The van der Waals surface area contributed by atoms with Gasteiger partial charge in [0.2, 0.25) is 0 Å². The number of pyridine rings is 1. The van der Waals surface area contributed by atoms with Crippen molar-refractivity contribution < 1.29 is 9.53 Å². The molecule has 0 spiro atoms. The van der Waals surface area contributed by atoms with Crippen molar-refractivity contribution in [2.24, 2.45) is 0 Å². The van der Waals surface area contributed by atoms with Crippen LogP contribution in [-0.4, -0.2) is 24.1 Å². The van der Waals surface area contributed by atoms with E-state index in [1.807, 2.05) is 18.2 Å². The Labute approximate surface area is 124 Å². The smallest absolute Gasteiger partial charge is 0.338 e. The van der Waals surface area contributed by atoms with E-state index >= 15 is 0 Å². The molecule has 0 radical (unpaired) electrons. The summed E-state index contributed by atoms with van der Waals surface area (Å²) in [5, 5.41) is 3.24. The van der Waals surface area contributed by atoms with Gasteiger partial charge in [-0.3, -0.25) is 4.98 Å². The first-order chi connectivity index (χ1) is 10.2. The molecule has 0 aliphatic rings. The number of nitrogen functional groups attached to an aromatic ring is 1. The molecule has 2 aromatic rings. The quantitative estimate of drug-likeness (QED) is 0.630. The molecular formula is C16H19N3O2. The van der Waals surface area contributed by atoms with Crippen molar-refractivity contribution in [2.75, 3.05) is 24.2 Å². The van der Waals surface area contributed by atoms with Crippen molar-refractivity contribution in [3.63, 3.8) is 0 Å². The third-order valence-corrected chi connectivity index (χ3v) is 2.99. The molecule has 0 saturated heterocycles. The molecule has 110 valence electrons.